The molecule has 0 unspecified atom stereocenters. The van der Waals surface area contributed by atoms with Gasteiger partial charge in [-0.25, -0.2) is 17.9 Å². The quantitative estimate of drug-likeness (QED) is 0.777. The number of aliphatic hydroxyl groups is 1. The SMILES string of the molecule is Cc1cc(S(=O)(=O)NC2CCC(O)CC2)sc1C(=O)O. The lowest BCUT2D eigenvalue weighted by molar-refractivity contribution is 0.0701. The highest BCUT2D eigenvalue weighted by atomic mass is 32.2. The standard InChI is InChI=1S/C12H17NO5S2/c1-7-6-10(19-11(7)12(15)16)20(17,18)13-8-2-4-9(14)5-3-8/h6,8-9,13-14H,2-5H2,1H3,(H,15,16). The van der Waals surface area contributed by atoms with Crippen LogP contribution in [-0.4, -0.2) is 36.7 Å². The second-order valence-electron chi connectivity index (χ2n) is 5.01. The zero-order valence-electron chi connectivity index (χ0n) is 11.0. The molecule has 6 nitrogen and oxygen atoms in total. The van der Waals surface area contributed by atoms with Crippen LogP contribution in [0.15, 0.2) is 10.3 Å². The summed E-state index contributed by atoms with van der Waals surface area (Å²) in [6.45, 7) is 1.58. The minimum atomic E-state index is -3.69. The number of sulfonamides is 1. The third-order valence-corrected chi connectivity index (χ3v) is 6.59. The fourth-order valence-electron chi connectivity index (χ4n) is 2.27. The van der Waals surface area contributed by atoms with E-state index in [-0.39, 0.29) is 21.2 Å². The second-order valence-corrected chi connectivity index (χ2v) is 8.00. The van der Waals surface area contributed by atoms with Crippen molar-refractivity contribution in [1.82, 2.24) is 4.72 Å². The lowest BCUT2D eigenvalue weighted by Gasteiger charge is -2.25. The van der Waals surface area contributed by atoms with Crippen LogP contribution in [0.1, 0.15) is 40.9 Å². The van der Waals surface area contributed by atoms with Crippen LogP contribution >= 0.6 is 11.3 Å². The molecule has 0 saturated heterocycles. The predicted octanol–water partition coefficient (Wildman–Crippen LogP) is 1.34. The molecule has 1 aliphatic carbocycles. The maximum atomic E-state index is 12.2. The lowest BCUT2D eigenvalue weighted by atomic mass is 9.94. The predicted molar refractivity (Wildman–Crippen MR) is 74.6 cm³/mol. The minimum absolute atomic E-state index is 0.0264. The molecule has 0 bridgehead atoms. The van der Waals surface area contributed by atoms with E-state index in [1.165, 1.54) is 6.07 Å². The van der Waals surface area contributed by atoms with Crippen molar-refractivity contribution in [2.75, 3.05) is 0 Å². The monoisotopic (exact) mass is 319 g/mol. The number of hydrogen-bond donors (Lipinski definition) is 3. The zero-order chi connectivity index (χ0) is 14.9. The molecule has 1 aromatic rings. The molecule has 1 aliphatic rings. The van der Waals surface area contributed by atoms with Crippen molar-refractivity contribution < 1.29 is 23.4 Å². The van der Waals surface area contributed by atoms with E-state index < -0.39 is 16.0 Å². The van der Waals surface area contributed by atoms with E-state index in [0.717, 1.165) is 11.3 Å². The highest BCUT2D eigenvalue weighted by molar-refractivity contribution is 7.91. The van der Waals surface area contributed by atoms with Crippen LogP contribution in [0.2, 0.25) is 0 Å². The van der Waals surface area contributed by atoms with E-state index in [1.54, 1.807) is 6.92 Å². The van der Waals surface area contributed by atoms with E-state index in [2.05, 4.69) is 4.72 Å². The Morgan fingerprint density at radius 2 is 1.95 bits per heavy atom. The third-order valence-electron chi connectivity index (χ3n) is 3.37. The molecule has 1 aromatic heterocycles. The van der Waals surface area contributed by atoms with Crippen LogP contribution in [0.5, 0.6) is 0 Å². The number of carboxylic acids is 1. The summed E-state index contributed by atoms with van der Waals surface area (Å²) in [5.74, 6) is -1.12. The molecule has 1 saturated carbocycles. The van der Waals surface area contributed by atoms with E-state index in [4.69, 9.17) is 5.11 Å². The molecule has 1 fully saturated rings. The summed E-state index contributed by atoms with van der Waals surface area (Å²) >= 11 is 0.764. The lowest BCUT2D eigenvalue weighted by Crippen LogP contribution is -2.38. The summed E-state index contributed by atoms with van der Waals surface area (Å²) in [6, 6.07) is 1.19. The van der Waals surface area contributed by atoms with Gasteiger partial charge in [-0.05, 0) is 44.2 Å². The van der Waals surface area contributed by atoms with Crippen molar-refractivity contribution >= 4 is 27.3 Å². The van der Waals surface area contributed by atoms with Crippen molar-refractivity contribution in [3.05, 3.63) is 16.5 Å². The number of carboxylic acid groups (broad SMARTS) is 1. The Labute approximate surface area is 121 Å². The van der Waals surface area contributed by atoms with Gasteiger partial charge >= 0.3 is 5.97 Å². The van der Waals surface area contributed by atoms with Gasteiger partial charge in [0, 0.05) is 6.04 Å². The Bertz CT molecular complexity index is 599. The fourth-order valence-corrected chi connectivity index (χ4v) is 4.97. The van der Waals surface area contributed by atoms with Gasteiger partial charge in [-0.1, -0.05) is 0 Å². The molecular formula is C12H17NO5S2. The van der Waals surface area contributed by atoms with Gasteiger partial charge in [0.15, 0.2) is 0 Å². The van der Waals surface area contributed by atoms with E-state index in [9.17, 15) is 18.3 Å². The van der Waals surface area contributed by atoms with Crippen LogP contribution < -0.4 is 4.72 Å². The molecule has 0 aromatic carbocycles. The Kier molecular flexibility index (Phi) is 4.48. The van der Waals surface area contributed by atoms with Gasteiger partial charge in [0.1, 0.15) is 9.09 Å². The van der Waals surface area contributed by atoms with Gasteiger partial charge in [0.2, 0.25) is 10.0 Å². The van der Waals surface area contributed by atoms with Crippen molar-refractivity contribution in [2.24, 2.45) is 0 Å². The Morgan fingerprint density at radius 1 is 1.35 bits per heavy atom. The number of rotatable bonds is 4. The number of aryl methyl sites for hydroxylation is 1. The molecule has 2 rings (SSSR count). The molecule has 0 amide bonds. The van der Waals surface area contributed by atoms with Gasteiger partial charge < -0.3 is 10.2 Å². The van der Waals surface area contributed by atoms with E-state index in [1.807, 2.05) is 0 Å². The average molecular weight is 319 g/mol. The molecule has 0 aliphatic heterocycles. The summed E-state index contributed by atoms with van der Waals surface area (Å²) in [6.07, 6.45) is 2.00. The first-order valence-corrected chi connectivity index (χ1v) is 8.63. The Balaban J connectivity index is 2.14. The molecule has 1 heterocycles. The van der Waals surface area contributed by atoms with Gasteiger partial charge in [-0.3, -0.25) is 0 Å². The molecule has 0 spiro atoms. The third kappa shape index (κ3) is 3.38. The maximum absolute atomic E-state index is 12.2. The van der Waals surface area contributed by atoms with Gasteiger partial charge in [-0.15, -0.1) is 11.3 Å². The van der Waals surface area contributed by atoms with Crippen molar-refractivity contribution in [3.8, 4) is 0 Å². The highest BCUT2D eigenvalue weighted by Gasteiger charge is 2.27. The molecule has 0 atom stereocenters. The van der Waals surface area contributed by atoms with Crippen molar-refractivity contribution in [1.29, 1.82) is 0 Å². The topological polar surface area (TPSA) is 104 Å². The number of hydrogen-bond acceptors (Lipinski definition) is 5. The normalized spacial score (nSPS) is 23.7. The summed E-state index contributed by atoms with van der Waals surface area (Å²) in [4.78, 5) is 11.0. The average Bonchev–Trinajstić information content (AvgIpc) is 2.75. The largest absolute Gasteiger partial charge is 0.477 e. The number of aliphatic hydroxyl groups excluding tert-OH is 1. The van der Waals surface area contributed by atoms with E-state index >= 15 is 0 Å². The molecule has 20 heavy (non-hydrogen) atoms. The van der Waals surface area contributed by atoms with Crippen LogP contribution in [0, 0.1) is 6.92 Å². The first kappa shape index (κ1) is 15.4. The van der Waals surface area contributed by atoms with Crippen molar-refractivity contribution in [3.63, 3.8) is 0 Å². The van der Waals surface area contributed by atoms with Crippen LogP contribution in [0.4, 0.5) is 0 Å². The molecule has 8 heteroatoms. The second kappa shape index (κ2) is 5.80. The van der Waals surface area contributed by atoms with Crippen LogP contribution in [-0.2, 0) is 10.0 Å². The number of aromatic carboxylic acids is 1. The summed E-state index contributed by atoms with van der Waals surface area (Å²) < 4.78 is 27.0. The minimum Gasteiger partial charge on any atom is -0.477 e. The summed E-state index contributed by atoms with van der Waals surface area (Å²) in [5, 5.41) is 18.4. The Morgan fingerprint density at radius 3 is 2.45 bits per heavy atom. The van der Waals surface area contributed by atoms with Gasteiger partial charge in [0.05, 0.1) is 6.10 Å². The van der Waals surface area contributed by atoms with Gasteiger partial charge in [0.25, 0.3) is 0 Å². The zero-order valence-corrected chi connectivity index (χ0v) is 12.6. The molecule has 3 N–H and O–H groups in total. The maximum Gasteiger partial charge on any atom is 0.346 e. The number of thiophene rings is 1. The summed E-state index contributed by atoms with van der Waals surface area (Å²) in [7, 11) is -3.69. The first-order valence-electron chi connectivity index (χ1n) is 6.33. The van der Waals surface area contributed by atoms with E-state index in [0.29, 0.717) is 31.2 Å². The van der Waals surface area contributed by atoms with Gasteiger partial charge in [-0.2, -0.15) is 0 Å². The molecule has 112 valence electrons. The Hall–Kier alpha value is -0.960. The van der Waals surface area contributed by atoms with Crippen molar-refractivity contribution in [2.45, 2.75) is 49.0 Å². The molecular weight excluding hydrogens is 302 g/mol. The summed E-state index contributed by atoms with van der Waals surface area (Å²) in [5.41, 5.74) is 0.446. The fraction of sp³-hybridized carbons (Fsp3) is 0.583. The number of carbonyl (C=O) groups is 1. The molecule has 0 radical (unpaired) electrons. The highest BCUT2D eigenvalue weighted by Crippen LogP contribution is 2.27. The number of nitrogens with one attached hydrogen (secondary N) is 1. The van der Waals surface area contributed by atoms with Crippen LogP contribution in [0.3, 0.4) is 0 Å². The van der Waals surface area contributed by atoms with Crippen LogP contribution in [0.25, 0.3) is 0 Å². The first-order chi connectivity index (χ1) is 9.29. The smallest absolute Gasteiger partial charge is 0.346 e.